The zero-order valence-corrected chi connectivity index (χ0v) is 8.69. The first-order chi connectivity index (χ1) is 7.22. The van der Waals surface area contributed by atoms with Gasteiger partial charge in [-0.2, -0.15) is 0 Å². The van der Waals surface area contributed by atoms with Gasteiger partial charge in [0.05, 0.1) is 0 Å². The Bertz CT molecular complexity index is 395. The number of carbonyl (C=O) groups is 2. The smallest absolute Gasteiger partial charge is 0.294 e. The topological polar surface area (TPSA) is 37.4 Å². The van der Waals surface area contributed by atoms with Crippen molar-refractivity contribution >= 4 is 17.4 Å². The maximum Gasteiger partial charge on any atom is 0.294 e. The molecule has 0 saturated carbocycles. The Kier molecular flexibility index (Phi) is 2.54. The second kappa shape index (κ2) is 3.85. The summed E-state index contributed by atoms with van der Waals surface area (Å²) in [5.41, 5.74) is 2.06. The van der Waals surface area contributed by atoms with E-state index in [2.05, 4.69) is 6.92 Å². The van der Waals surface area contributed by atoms with Crippen molar-refractivity contribution in [2.24, 2.45) is 0 Å². The fraction of sp³-hybridized carbons (Fsp3) is 0.333. The highest BCUT2D eigenvalue weighted by atomic mass is 16.2. The van der Waals surface area contributed by atoms with E-state index >= 15 is 0 Å². The van der Waals surface area contributed by atoms with Gasteiger partial charge in [0.15, 0.2) is 0 Å². The van der Waals surface area contributed by atoms with Crippen LogP contribution in [0.5, 0.6) is 0 Å². The lowest BCUT2D eigenvalue weighted by molar-refractivity contribution is -0.133. The number of amides is 1. The van der Waals surface area contributed by atoms with Crippen LogP contribution in [0.2, 0.25) is 0 Å². The minimum atomic E-state index is -0.376. The van der Waals surface area contributed by atoms with E-state index in [4.69, 9.17) is 0 Å². The van der Waals surface area contributed by atoms with Crippen molar-refractivity contribution in [1.82, 2.24) is 0 Å². The first-order valence-electron chi connectivity index (χ1n) is 5.16. The molecule has 2 rings (SSSR count). The predicted molar refractivity (Wildman–Crippen MR) is 57.8 cm³/mol. The standard InChI is InChI=1S/C12H13NO2/c1-2-9-3-5-10(6-4-9)13-8-7-11(14)12(13)15/h3-6H,2,7-8H2,1H3. The van der Waals surface area contributed by atoms with E-state index in [1.165, 1.54) is 5.56 Å². The first kappa shape index (κ1) is 9.90. The van der Waals surface area contributed by atoms with Crippen LogP contribution in [0, 0.1) is 0 Å². The molecular weight excluding hydrogens is 190 g/mol. The van der Waals surface area contributed by atoms with Gasteiger partial charge in [0.25, 0.3) is 5.91 Å². The molecular formula is C12H13NO2. The molecule has 1 aromatic rings. The van der Waals surface area contributed by atoms with Crippen LogP contribution in [0.15, 0.2) is 24.3 Å². The highest BCUT2D eigenvalue weighted by Crippen LogP contribution is 2.20. The van der Waals surface area contributed by atoms with Crippen LogP contribution in [-0.2, 0) is 16.0 Å². The predicted octanol–water partition coefficient (Wildman–Crippen LogP) is 1.55. The molecule has 1 saturated heterocycles. The van der Waals surface area contributed by atoms with Gasteiger partial charge in [0.1, 0.15) is 0 Å². The zero-order valence-electron chi connectivity index (χ0n) is 8.69. The molecule has 1 aromatic carbocycles. The van der Waals surface area contributed by atoms with Crippen LogP contribution in [-0.4, -0.2) is 18.2 Å². The summed E-state index contributed by atoms with van der Waals surface area (Å²) in [6.45, 7) is 2.60. The van der Waals surface area contributed by atoms with Gasteiger partial charge in [-0.1, -0.05) is 19.1 Å². The second-order valence-corrected chi connectivity index (χ2v) is 3.65. The number of aryl methyl sites for hydroxylation is 1. The molecule has 0 aliphatic carbocycles. The largest absolute Gasteiger partial charge is 0.305 e. The third kappa shape index (κ3) is 1.77. The molecule has 1 aliphatic heterocycles. The van der Waals surface area contributed by atoms with Crippen molar-refractivity contribution < 1.29 is 9.59 Å². The SMILES string of the molecule is CCc1ccc(N2CCC(=O)C2=O)cc1. The number of Topliss-reactive ketones (excluding diaryl/α,β-unsaturated/α-hetero) is 1. The van der Waals surface area contributed by atoms with Gasteiger partial charge >= 0.3 is 0 Å². The highest BCUT2D eigenvalue weighted by Gasteiger charge is 2.29. The Morgan fingerprint density at radius 3 is 2.33 bits per heavy atom. The normalized spacial score (nSPS) is 16.2. The zero-order chi connectivity index (χ0) is 10.8. The summed E-state index contributed by atoms with van der Waals surface area (Å²) in [6.07, 6.45) is 1.32. The second-order valence-electron chi connectivity index (χ2n) is 3.65. The molecule has 0 atom stereocenters. The van der Waals surface area contributed by atoms with Crippen molar-refractivity contribution in [3.8, 4) is 0 Å². The number of nitrogens with zero attached hydrogens (tertiary/aromatic N) is 1. The van der Waals surface area contributed by atoms with Crippen molar-refractivity contribution in [2.45, 2.75) is 19.8 Å². The third-order valence-electron chi connectivity index (χ3n) is 2.70. The van der Waals surface area contributed by atoms with Crippen LogP contribution in [0.4, 0.5) is 5.69 Å². The monoisotopic (exact) mass is 203 g/mol. The number of anilines is 1. The molecule has 0 N–H and O–H groups in total. The minimum Gasteiger partial charge on any atom is -0.305 e. The van der Waals surface area contributed by atoms with Gasteiger partial charge in [-0.15, -0.1) is 0 Å². The molecule has 78 valence electrons. The number of hydrogen-bond donors (Lipinski definition) is 0. The minimum absolute atomic E-state index is 0.283. The van der Waals surface area contributed by atoms with E-state index in [0.717, 1.165) is 12.1 Å². The molecule has 0 unspecified atom stereocenters. The molecule has 3 nitrogen and oxygen atoms in total. The molecule has 1 amide bonds. The maximum atomic E-state index is 11.4. The van der Waals surface area contributed by atoms with Crippen molar-refractivity contribution in [2.75, 3.05) is 11.4 Å². The fourth-order valence-corrected chi connectivity index (χ4v) is 1.73. The van der Waals surface area contributed by atoms with Crippen LogP contribution in [0.1, 0.15) is 18.9 Å². The summed E-state index contributed by atoms with van der Waals surface area (Å²) in [5, 5.41) is 0. The summed E-state index contributed by atoms with van der Waals surface area (Å²) in [7, 11) is 0. The Morgan fingerprint density at radius 1 is 1.20 bits per heavy atom. The Labute approximate surface area is 88.7 Å². The molecule has 1 aliphatic rings. The third-order valence-corrected chi connectivity index (χ3v) is 2.70. The Balaban J connectivity index is 2.23. The average Bonchev–Trinajstić information content (AvgIpc) is 2.60. The van der Waals surface area contributed by atoms with Gasteiger partial charge in [0, 0.05) is 18.7 Å². The lowest BCUT2D eigenvalue weighted by atomic mass is 10.1. The van der Waals surface area contributed by atoms with Gasteiger partial charge in [-0.3, -0.25) is 9.59 Å². The Morgan fingerprint density at radius 2 is 1.87 bits per heavy atom. The van der Waals surface area contributed by atoms with Crippen molar-refractivity contribution in [3.63, 3.8) is 0 Å². The molecule has 0 radical (unpaired) electrons. The number of benzene rings is 1. The summed E-state index contributed by atoms with van der Waals surface area (Å²) in [5.74, 6) is -0.659. The summed E-state index contributed by atoms with van der Waals surface area (Å²) in [4.78, 5) is 24.1. The summed E-state index contributed by atoms with van der Waals surface area (Å²) in [6, 6.07) is 7.78. The fourth-order valence-electron chi connectivity index (χ4n) is 1.73. The molecule has 0 aromatic heterocycles. The van der Waals surface area contributed by atoms with E-state index in [1.807, 2.05) is 24.3 Å². The van der Waals surface area contributed by atoms with E-state index in [-0.39, 0.29) is 11.7 Å². The summed E-state index contributed by atoms with van der Waals surface area (Å²) < 4.78 is 0. The highest BCUT2D eigenvalue weighted by molar-refractivity contribution is 6.43. The van der Waals surface area contributed by atoms with Crippen LogP contribution in [0.3, 0.4) is 0 Å². The first-order valence-corrected chi connectivity index (χ1v) is 5.16. The van der Waals surface area contributed by atoms with E-state index in [1.54, 1.807) is 4.90 Å². The lowest BCUT2D eigenvalue weighted by Crippen LogP contribution is -2.26. The molecule has 3 heteroatoms. The van der Waals surface area contributed by atoms with E-state index in [0.29, 0.717) is 13.0 Å². The number of rotatable bonds is 2. The molecule has 15 heavy (non-hydrogen) atoms. The average molecular weight is 203 g/mol. The molecule has 0 bridgehead atoms. The number of carbonyl (C=O) groups excluding carboxylic acids is 2. The molecule has 1 heterocycles. The van der Waals surface area contributed by atoms with Crippen LogP contribution >= 0.6 is 0 Å². The van der Waals surface area contributed by atoms with Crippen molar-refractivity contribution in [1.29, 1.82) is 0 Å². The molecule has 1 fully saturated rings. The number of ketones is 1. The van der Waals surface area contributed by atoms with Crippen molar-refractivity contribution in [3.05, 3.63) is 29.8 Å². The van der Waals surface area contributed by atoms with Crippen LogP contribution in [0.25, 0.3) is 0 Å². The number of hydrogen-bond acceptors (Lipinski definition) is 2. The van der Waals surface area contributed by atoms with Gasteiger partial charge in [0.2, 0.25) is 5.78 Å². The summed E-state index contributed by atoms with van der Waals surface area (Å²) >= 11 is 0. The maximum absolute atomic E-state index is 11.4. The lowest BCUT2D eigenvalue weighted by Gasteiger charge is -2.14. The van der Waals surface area contributed by atoms with Gasteiger partial charge in [-0.25, -0.2) is 0 Å². The van der Waals surface area contributed by atoms with Crippen LogP contribution < -0.4 is 4.90 Å². The Hall–Kier alpha value is -1.64. The quantitative estimate of drug-likeness (QED) is 0.684. The van der Waals surface area contributed by atoms with E-state index < -0.39 is 0 Å². The van der Waals surface area contributed by atoms with Gasteiger partial charge < -0.3 is 4.90 Å². The van der Waals surface area contributed by atoms with E-state index in [9.17, 15) is 9.59 Å². The van der Waals surface area contributed by atoms with Gasteiger partial charge in [-0.05, 0) is 24.1 Å². The molecule has 0 spiro atoms.